The van der Waals surface area contributed by atoms with Crippen molar-refractivity contribution >= 4 is 21.6 Å². The Bertz CT molecular complexity index is 1180. The molecule has 0 aromatic heterocycles. The van der Waals surface area contributed by atoms with Crippen LogP contribution in [0.1, 0.15) is 12.5 Å². The molecular weight excluding hydrogens is 428 g/mol. The second kappa shape index (κ2) is 9.32. The van der Waals surface area contributed by atoms with Gasteiger partial charge in [0.15, 0.2) is 6.10 Å². The number of hydrogen-bond acceptors (Lipinski definition) is 5. The van der Waals surface area contributed by atoms with E-state index in [4.69, 9.17) is 9.47 Å². The zero-order valence-corrected chi connectivity index (χ0v) is 18.4. The summed E-state index contributed by atoms with van der Waals surface area (Å²) in [5, 5.41) is 2.83. The van der Waals surface area contributed by atoms with Crippen LogP contribution >= 0.6 is 0 Å². The third kappa shape index (κ3) is 4.55. The number of rotatable bonds is 7. The number of fused-ring (bicyclic) bond motifs is 1. The van der Waals surface area contributed by atoms with Gasteiger partial charge < -0.3 is 14.8 Å². The monoisotopic (exact) mass is 452 g/mol. The van der Waals surface area contributed by atoms with Crippen molar-refractivity contribution in [1.29, 1.82) is 0 Å². The molecule has 166 valence electrons. The van der Waals surface area contributed by atoms with Gasteiger partial charge in [0.25, 0.3) is 15.9 Å². The number of carbonyl (C=O) groups is 1. The molecule has 3 aromatic carbocycles. The third-order valence-corrected chi connectivity index (χ3v) is 6.85. The van der Waals surface area contributed by atoms with Crippen LogP contribution < -0.4 is 19.1 Å². The van der Waals surface area contributed by atoms with Crippen molar-refractivity contribution in [3.05, 3.63) is 84.4 Å². The third-order valence-electron chi connectivity index (χ3n) is 5.06. The quantitative estimate of drug-likeness (QED) is 0.594. The number of para-hydroxylation sites is 2. The number of nitrogens with one attached hydrogen (secondary N) is 1. The topological polar surface area (TPSA) is 84.9 Å². The summed E-state index contributed by atoms with van der Waals surface area (Å²) in [6.45, 7) is 2.54. The molecule has 8 heteroatoms. The molecule has 32 heavy (non-hydrogen) atoms. The second-order valence-electron chi connectivity index (χ2n) is 7.22. The SMILES string of the molecule is CCOc1ccc(S(=O)(=O)N2C[C@H](C(=O)NCc3ccccc3)Oc3ccccc32)cc1. The van der Waals surface area contributed by atoms with E-state index >= 15 is 0 Å². The summed E-state index contributed by atoms with van der Waals surface area (Å²) in [7, 11) is -3.92. The highest BCUT2D eigenvalue weighted by Crippen LogP contribution is 2.37. The summed E-state index contributed by atoms with van der Waals surface area (Å²) in [5.74, 6) is 0.551. The second-order valence-corrected chi connectivity index (χ2v) is 9.08. The summed E-state index contributed by atoms with van der Waals surface area (Å²) in [6, 6.07) is 22.5. The number of sulfonamides is 1. The van der Waals surface area contributed by atoms with Gasteiger partial charge in [-0.05, 0) is 48.9 Å². The van der Waals surface area contributed by atoms with Gasteiger partial charge in [0.05, 0.1) is 23.7 Å². The largest absolute Gasteiger partial charge is 0.494 e. The van der Waals surface area contributed by atoms with Gasteiger partial charge in [0.1, 0.15) is 11.5 Å². The van der Waals surface area contributed by atoms with Gasteiger partial charge in [0, 0.05) is 6.54 Å². The molecule has 1 amide bonds. The normalized spacial score (nSPS) is 15.4. The van der Waals surface area contributed by atoms with Gasteiger partial charge in [-0.3, -0.25) is 9.10 Å². The fourth-order valence-corrected chi connectivity index (χ4v) is 4.94. The van der Waals surface area contributed by atoms with E-state index in [0.717, 1.165) is 5.56 Å². The van der Waals surface area contributed by atoms with Gasteiger partial charge in [-0.25, -0.2) is 8.42 Å². The molecule has 1 atom stereocenters. The van der Waals surface area contributed by atoms with Gasteiger partial charge in [0.2, 0.25) is 0 Å². The van der Waals surface area contributed by atoms with Crippen LogP contribution in [0.5, 0.6) is 11.5 Å². The number of ether oxygens (including phenoxy) is 2. The molecule has 0 saturated heterocycles. The van der Waals surface area contributed by atoms with Crippen LogP contribution in [0.3, 0.4) is 0 Å². The molecule has 0 spiro atoms. The predicted molar refractivity (Wildman–Crippen MR) is 121 cm³/mol. The van der Waals surface area contributed by atoms with Crippen LogP contribution in [-0.2, 0) is 21.4 Å². The molecule has 3 aromatic rings. The van der Waals surface area contributed by atoms with Gasteiger partial charge in [-0.15, -0.1) is 0 Å². The molecule has 1 heterocycles. The first-order valence-electron chi connectivity index (χ1n) is 10.3. The zero-order chi connectivity index (χ0) is 22.6. The maximum atomic E-state index is 13.5. The van der Waals surface area contributed by atoms with Crippen molar-refractivity contribution in [3.8, 4) is 11.5 Å². The summed E-state index contributed by atoms with van der Waals surface area (Å²) in [4.78, 5) is 12.9. The number of carbonyl (C=O) groups excluding carboxylic acids is 1. The van der Waals surface area contributed by atoms with Crippen LogP contribution in [0, 0.1) is 0 Å². The molecule has 0 fully saturated rings. The first-order chi connectivity index (χ1) is 15.5. The van der Waals surface area contributed by atoms with E-state index in [1.54, 1.807) is 36.4 Å². The molecule has 4 rings (SSSR count). The van der Waals surface area contributed by atoms with E-state index in [1.165, 1.54) is 16.4 Å². The predicted octanol–water partition coefficient (Wildman–Crippen LogP) is 3.36. The molecule has 0 aliphatic carbocycles. The van der Waals surface area contributed by atoms with Crippen molar-refractivity contribution < 1.29 is 22.7 Å². The summed E-state index contributed by atoms with van der Waals surface area (Å²) < 4.78 is 39.4. The van der Waals surface area contributed by atoms with E-state index in [-0.39, 0.29) is 17.3 Å². The van der Waals surface area contributed by atoms with E-state index in [0.29, 0.717) is 30.3 Å². The van der Waals surface area contributed by atoms with Crippen LogP contribution in [0.4, 0.5) is 5.69 Å². The Balaban J connectivity index is 1.58. The highest BCUT2D eigenvalue weighted by atomic mass is 32.2. The van der Waals surface area contributed by atoms with Crippen LogP contribution in [0.2, 0.25) is 0 Å². The van der Waals surface area contributed by atoms with Gasteiger partial charge >= 0.3 is 0 Å². The Morgan fingerprint density at radius 2 is 1.72 bits per heavy atom. The Labute approximate surface area is 187 Å². The molecule has 0 bridgehead atoms. The molecule has 0 unspecified atom stereocenters. The molecule has 1 aliphatic rings. The molecule has 7 nitrogen and oxygen atoms in total. The van der Waals surface area contributed by atoms with Crippen LogP contribution in [-0.4, -0.2) is 33.6 Å². The maximum Gasteiger partial charge on any atom is 0.264 e. The Morgan fingerprint density at radius 1 is 1.03 bits per heavy atom. The number of nitrogens with zero attached hydrogens (tertiary/aromatic N) is 1. The molecule has 1 aliphatic heterocycles. The van der Waals surface area contributed by atoms with Crippen LogP contribution in [0.25, 0.3) is 0 Å². The van der Waals surface area contributed by atoms with E-state index < -0.39 is 16.1 Å². The average molecular weight is 453 g/mol. The Hall–Kier alpha value is -3.52. The maximum absolute atomic E-state index is 13.5. The summed E-state index contributed by atoms with van der Waals surface area (Å²) >= 11 is 0. The zero-order valence-electron chi connectivity index (χ0n) is 17.6. The fraction of sp³-hybridized carbons (Fsp3) is 0.208. The van der Waals surface area contributed by atoms with E-state index in [1.807, 2.05) is 37.3 Å². The first kappa shape index (κ1) is 21.7. The molecular formula is C24H24N2O5S. The minimum Gasteiger partial charge on any atom is -0.494 e. The highest BCUT2D eigenvalue weighted by Gasteiger charge is 2.37. The Kier molecular flexibility index (Phi) is 6.32. The molecule has 0 saturated carbocycles. The van der Waals surface area contributed by atoms with Crippen molar-refractivity contribution in [1.82, 2.24) is 5.32 Å². The summed E-state index contributed by atoms with van der Waals surface area (Å²) in [5.41, 5.74) is 1.34. The van der Waals surface area contributed by atoms with Gasteiger partial charge in [-0.2, -0.15) is 0 Å². The summed E-state index contributed by atoms with van der Waals surface area (Å²) in [6.07, 6.45) is -0.980. The smallest absolute Gasteiger partial charge is 0.264 e. The first-order valence-corrected chi connectivity index (χ1v) is 11.8. The van der Waals surface area contributed by atoms with Crippen LogP contribution in [0.15, 0.2) is 83.8 Å². The van der Waals surface area contributed by atoms with E-state index in [2.05, 4.69) is 5.32 Å². The van der Waals surface area contributed by atoms with Gasteiger partial charge in [-0.1, -0.05) is 42.5 Å². The van der Waals surface area contributed by atoms with Crippen molar-refractivity contribution in [2.24, 2.45) is 0 Å². The molecule has 1 N–H and O–H groups in total. The number of benzene rings is 3. The van der Waals surface area contributed by atoms with Crippen molar-refractivity contribution in [2.75, 3.05) is 17.5 Å². The fourth-order valence-electron chi connectivity index (χ4n) is 3.47. The lowest BCUT2D eigenvalue weighted by molar-refractivity contribution is -0.127. The minimum absolute atomic E-state index is 0.112. The number of amides is 1. The van der Waals surface area contributed by atoms with E-state index in [9.17, 15) is 13.2 Å². The lowest BCUT2D eigenvalue weighted by Crippen LogP contribution is -2.50. The number of hydrogen-bond donors (Lipinski definition) is 1. The average Bonchev–Trinajstić information content (AvgIpc) is 2.83. The standard InChI is InChI=1S/C24H24N2O5S/c1-2-30-19-12-14-20(15-13-19)32(28,29)26-17-23(31-22-11-7-6-10-21(22)26)24(27)25-16-18-8-4-3-5-9-18/h3-15,23H,2,16-17H2,1H3,(H,25,27)/t23-/m1/s1. The van der Waals surface area contributed by atoms with Crippen molar-refractivity contribution in [3.63, 3.8) is 0 Å². The lowest BCUT2D eigenvalue weighted by Gasteiger charge is -2.34. The number of anilines is 1. The van der Waals surface area contributed by atoms with Crippen molar-refractivity contribution in [2.45, 2.75) is 24.5 Å². The Morgan fingerprint density at radius 3 is 2.44 bits per heavy atom. The highest BCUT2D eigenvalue weighted by molar-refractivity contribution is 7.92. The molecule has 0 radical (unpaired) electrons. The lowest BCUT2D eigenvalue weighted by atomic mass is 10.2. The minimum atomic E-state index is -3.92.